The Hall–Kier alpha value is -4.50. The maximum atomic E-state index is 4.89. The molecule has 3 heterocycles. The van der Waals surface area contributed by atoms with Crippen LogP contribution in [0.15, 0.2) is 140 Å². The Morgan fingerprint density at radius 3 is 1.92 bits per heavy atom. The predicted molar refractivity (Wildman–Crippen MR) is 160 cm³/mol. The van der Waals surface area contributed by atoms with Gasteiger partial charge >= 0.3 is 199 Å². The van der Waals surface area contributed by atoms with E-state index in [-0.39, 0.29) is 0 Å². The zero-order valence-corrected chi connectivity index (χ0v) is 22.2. The van der Waals surface area contributed by atoms with Crippen molar-refractivity contribution in [2.75, 3.05) is 4.90 Å². The first-order valence-electron chi connectivity index (χ1n) is 12.6. The van der Waals surface area contributed by atoms with Gasteiger partial charge in [0.2, 0.25) is 0 Å². The van der Waals surface area contributed by atoms with Gasteiger partial charge in [0.05, 0.1) is 0 Å². The summed E-state index contributed by atoms with van der Waals surface area (Å²) >= 11 is 0.321. The molecule has 0 unspecified atom stereocenters. The van der Waals surface area contributed by atoms with Gasteiger partial charge in [0, 0.05) is 6.20 Å². The molecule has 0 aliphatic heterocycles. The summed E-state index contributed by atoms with van der Waals surface area (Å²) in [6, 6.07) is 44.7. The van der Waals surface area contributed by atoms with Gasteiger partial charge in [-0.2, -0.15) is 0 Å². The fourth-order valence-corrected chi connectivity index (χ4v) is 7.17. The molecule has 0 N–H and O–H groups in total. The molecule has 0 fully saturated rings. The van der Waals surface area contributed by atoms with Crippen molar-refractivity contribution in [2.24, 2.45) is 0 Å². The molecule has 3 nitrogen and oxygen atoms in total. The van der Waals surface area contributed by atoms with Crippen LogP contribution in [0.3, 0.4) is 0 Å². The van der Waals surface area contributed by atoms with E-state index < -0.39 is 0 Å². The van der Waals surface area contributed by atoms with Crippen molar-refractivity contribution in [1.29, 1.82) is 0 Å². The van der Waals surface area contributed by atoms with E-state index in [2.05, 4.69) is 125 Å². The van der Waals surface area contributed by atoms with Gasteiger partial charge < -0.3 is 0 Å². The van der Waals surface area contributed by atoms with Gasteiger partial charge in [-0.05, 0) is 12.1 Å². The van der Waals surface area contributed by atoms with Gasteiger partial charge in [-0.15, -0.1) is 0 Å². The van der Waals surface area contributed by atoms with E-state index in [1.807, 2.05) is 24.4 Å². The van der Waals surface area contributed by atoms with Crippen molar-refractivity contribution in [3.63, 3.8) is 0 Å². The van der Waals surface area contributed by atoms with Crippen LogP contribution in [-0.4, -0.2) is 24.5 Å². The second kappa shape index (κ2) is 9.75. The molecule has 0 spiro atoms. The summed E-state index contributed by atoms with van der Waals surface area (Å²) in [5, 5.41) is 2.67. The van der Waals surface area contributed by atoms with Gasteiger partial charge in [-0.1, -0.05) is 6.07 Å². The minimum atomic E-state index is 0.321. The standard InChI is InChI=1S/C34H23N3Se/c1-2-12-26(13-3-1)37(27-14-8-10-24(20-27)31-17-6-7-19-35-31)28-15-9-11-25(21-28)32-22-30-29-16-4-5-18-33(29)38-34(30)23-36-32/h1-23H. The Kier molecular flexibility index (Phi) is 5.82. The first-order valence-corrected chi connectivity index (χ1v) is 14.3. The van der Waals surface area contributed by atoms with Crippen LogP contribution >= 0.6 is 0 Å². The minimum absolute atomic E-state index is 0.321. The van der Waals surface area contributed by atoms with Crippen LogP contribution in [0.2, 0.25) is 0 Å². The van der Waals surface area contributed by atoms with Crippen LogP contribution < -0.4 is 4.90 Å². The zero-order chi connectivity index (χ0) is 25.3. The molecule has 0 bridgehead atoms. The molecule has 0 aliphatic carbocycles. The average molecular weight is 553 g/mol. The van der Waals surface area contributed by atoms with E-state index in [9.17, 15) is 0 Å². The third-order valence-corrected chi connectivity index (χ3v) is 9.10. The summed E-state index contributed by atoms with van der Waals surface area (Å²) in [5.41, 5.74) is 7.40. The summed E-state index contributed by atoms with van der Waals surface area (Å²) in [6.45, 7) is 0. The quantitative estimate of drug-likeness (QED) is 0.200. The molecule has 180 valence electrons. The van der Waals surface area contributed by atoms with Gasteiger partial charge in [-0.3, -0.25) is 4.98 Å². The summed E-state index contributed by atoms with van der Waals surface area (Å²) in [7, 11) is 0. The van der Waals surface area contributed by atoms with Gasteiger partial charge in [-0.25, -0.2) is 0 Å². The predicted octanol–water partition coefficient (Wildman–Crippen LogP) is 8.64. The Labute approximate surface area is 227 Å². The molecule has 0 aliphatic rings. The monoisotopic (exact) mass is 553 g/mol. The molecule has 0 amide bonds. The van der Waals surface area contributed by atoms with Gasteiger partial charge in [0.15, 0.2) is 0 Å². The van der Waals surface area contributed by atoms with Crippen LogP contribution in [0.25, 0.3) is 41.8 Å². The second-order valence-corrected chi connectivity index (χ2v) is 11.4. The Morgan fingerprint density at radius 1 is 0.474 bits per heavy atom. The Balaban J connectivity index is 1.35. The van der Waals surface area contributed by atoms with Crippen LogP contribution in [0, 0.1) is 0 Å². The van der Waals surface area contributed by atoms with E-state index in [4.69, 9.17) is 4.98 Å². The number of nitrogens with zero attached hydrogens (tertiary/aromatic N) is 3. The molecular weight excluding hydrogens is 529 g/mol. The molecule has 0 radical (unpaired) electrons. The third kappa shape index (κ3) is 4.20. The van der Waals surface area contributed by atoms with Crippen molar-refractivity contribution in [3.05, 3.63) is 140 Å². The molecule has 0 atom stereocenters. The molecule has 0 saturated heterocycles. The van der Waals surface area contributed by atoms with Crippen LogP contribution in [0.1, 0.15) is 0 Å². The normalized spacial score (nSPS) is 11.2. The number of hydrogen-bond donors (Lipinski definition) is 0. The molecule has 4 aromatic carbocycles. The van der Waals surface area contributed by atoms with Gasteiger partial charge in [0.1, 0.15) is 0 Å². The SMILES string of the molecule is c1ccc(N(c2cccc(-c3ccccn3)c2)c2cccc(-c3cc4c(cn3)[se]c3ccccc34)c2)cc1. The van der Waals surface area contributed by atoms with Crippen molar-refractivity contribution in [1.82, 2.24) is 9.97 Å². The van der Waals surface area contributed by atoms with E-state index in [0.717, 1.165) is 39.6 Å². The van der Waals surface area contributed by atoms with E-state index >= 15 is 0 Å². The van der Waals surface area contributed by atoms with Crippen LogP contribution in [0.4, 0.5) is 17.1 Å². The van der Waals surface area contributed by atoms with Crippen molar-refractivity contribution in [3.8, 4) is 22.5 Å². The molecular formula is C34H23N3Se. The van der Waals surface area contributed by atoms with E-state index in [1.54, 1.807) is 0 Å². The van der Waals surface area contributed by atoms with Gasteiger partial charge in [0.25, 0.3) is 0 Å². The number of aromatic nitrogens is 2. The molecule has 7 rings (SSSR count). The third-order valence-electron chi connectivity index (χ3n) is 6.74. The average Bonchev–Trinajstić information content (AvgIpc) is 3.37. The fourth-order valence-electron chi connectivity index (χ4n) is 4.96. The number of rotatable bonds is 5. The van der Waals surface area contributed by atoms with Crippen LogP contribution in [0.5, 0.6) is 0 Å². The number of fused-ring (bicyclic) bond motifs is 3. The zero-order valence-electron chi connectivity index (χ0n) is 20.5. The Bertz CT molecular complexity index is 1880. The van der Waals surface area contributed by atoms with E-state index in [1.165, 1.54) is 19.3 Å². The first-order chi connectivity index (χ1) is 18.8. The number of benzene rings is 4. The fraction of sp³-hybridized carbons (Fsp3) is 0. The van der Waals surface area contributed by atoms with Crippen molar-refractivity contribution < 1.29 is 0 Å². The number of hydrogen-bond acceptors (Lipinski definition) is 3. The molecule has 0 saturated carbocycles. The molecule has 3 aromatic heterocycles. The molecule has 7 aromatic rings. The molecule has 4 heteroatoms. The Morgan fingerprint density at radius 2 is 1.16 bits per heavy atom. The van der Waals surface area contributed by atoms with Crippen molar-refractivity contribution >= 4 is 50.9 Å². The number of para-hydroxylation sites is 1. The summed E-state index contributed by atoms with van der Waals surface area (Å²) in [4.78, 5) is 11.8. The summed E-state index contributed by atoms with van der Waals surface area (Å²) < 4.78 is 2.79. The molecule has 38 heavy (non-hydrogen) atoms. The number of pyridine rings is 2. The van der Waals surface area contributed by atoms with Crippen molar-refractivity contribution in [2.45, 2.75) is 0 Å². The summed E-state index contributed by atoms with van der Waals surface area (Å²) in [5.74, 6) is 0. The maximum absolute atomic E-state index is 4.89. The topological polar surface area (TPSA) is 29.0 Å². The number of anilines is 3. The first kappa shape index (κ1) is 22.7. The van der Waals surface area contributed by atoms with E-state index in [0.29, 0.717) is 14.5 Å². The van der Waals surface area contributed by atoms with Crippen LogP contribution in [-0.2, 0) is 0 Å². The second-order valence-electron chi connectivity index (χ2n) is 9.15. The summed E-state index contributed by atoms with van der Waals surface area (Å²) in [6.07, 6.45) is 3.91.